The van der Waals surface area contributed by atoms with Crippen LogP contribution in [0, 0.1) is 5.92 Å². The quantitative estimate of drug-likeness (QED) is 0.916. The van der Waals surface area contributed by atoms with Crippen LogP contribution in [0.25, 0.3) is 0 Å². The molecular formula is C10H13BrN2S. The number of hydrogen-bond donors (Lipinski definition) is 1. The first-order valence-electron chi connectivity index (χ1n) is 4.78. The standard InChI is InChI=1S/C10H13BrN2S/c11-9-2-1-4-12-10(9)13-6-8-3-5-14-7-8/h1-2,4,8H,3,5-7H2,(H,12,13). The first-order valence-corrected chi connectivity index (χ1v) is 6.73. The first kappa shape index (κ1) is 10.3. The highest BCUT2D eigenvalue weighted by Gasteiger charge is 2.15. The summed E-state index contributed by atoms with van der Waals surface area (Å²) in [5.74, 6) is 4.38. The summed E-state index contributed by atoms with van der Waals surface area (Å²) in [6.45, 7) is 1.04. The summed E-state index contributed by atoms with van der Waals surface area (Å²) in [4.78, 5) is 4.27. The van der Waals surface area contributed by atoms with Crippen molar-refractivity contribution in [3.8, 4) is 0 Å². The van der Waals surface area contributed by atoms with Gasteiger partial charge in [-0.25, -0.2) is 4.98 Å². The maximum atomic E-state index is 4.27. The van der Waals surface area contributed by atoms with Gasteiger partial charge in [0.1, 0.15) is 5.82 Å². The lowest BCUT2D eigenvalue weighted by molar-refractivity contribution is 0.630. The molecule has 0 spiro atoms. The van der Waals surface area contributed by atoms with Gasteiger partial charge in [0.25, 0.3) is 0 Å². The minimum absolute atomic E-state index is 0.814. The normalized spacial score (nSPS) is 21.1. The second kappa shape index (κ2) is 5.03. The van der Waals surface area contributed by atoms with Gasteiger partial charge in [-0.1, -0.05) is 0 Å². The lowest BCUT2D eigenvalue weighted by Crippen LogP contribution is -2.14. The molecule has 0 radical (unpaired) electrons. The van der Waals surface area contributed by atoms with Crippen LogP contribution in [0.4, 0.5) is 5.82 Å². The van der Waals surface area contributed by atoms with Gasteiger partial charge < -0.3 is 5.32 Å². The molecule has 0 saturated carbocycles. The molecular weight excluding hydrogens is 260 g/mol. The number of nitrogens with one attached hydrogen (secondary N) is 1. The van der Waals surface area contributed by atoms with Crippen LogP contribution in [0.5, 0.6) is 0 Å². The summed E-state index contributed by atoms with van der Waals surface area (Å²) in [6.07, 6.45) is 3.15. The van der Waals surface area contributed by atoms with Gasteiger partial charge in [0.05, 0.1) is 4.47 Å². The van der Waals surface area contributed by atoms with E-state index < -0.39 is 0 Å². The third-order valence-corrected chi connectivity index (χ3v) is 4.21. The van der Waals surface area contributed by atoms with Crippen LogP contribution < -0.4 is 5.32 Å². The van der Waals surface area contributed by atoms with Crippen LogP contribution in [-0.2, 0) is 0 Å². The zero-order valence-electron chi connectivity index (χ0n) is 7.87. The van der Waals surface area contributed by atoms with E-state index in [1.807, 2.05) is 30.1 Å². The fourth-order valence-corrected chi connectivity index (χ4v) is 3.18. The molecule has 0 amide bonds. The molecule has 1 aromatic rings. The molecule has 2 rings (SSSR count). The average Bonchev–Trinajstić information content (AvgIpc) is 2.69. The Kier molecular flexibility index (Phi) is 3.70. The lowest BCUT2D eigenvalue weighted by atomic mass is 10.1. The third-order valence-electron chi connectivity index (χ3n) is 2.34. The minimum Gasteiger partial charge on any atom is -0.369 e. The summed E-state index contributed by atoms with van der Waals surface area (Å²) in [6, 6.07) is 3.94. The fraction of sp³-hybridized carbons (Fsp3) is 0.500. The van der Waals surface area contributed by atoms with Crippen molar-refractivity contribution >= 4 is 33.5 Å². The van der Waals surface area contributed by atoms with E-state index in [1.165, 1.54) is 17.9 Å². The molecule has 76 valence electrons. The third kappa shape index (κ3) is 2.64. The molecule has 2 nitrogen and oxygen atoms in total. The highest BCUT2D eigenvalue weighted by Crippen LogP contribution is 2.24. The molecule has 2 heterocycles. The van der Waals surface area contributed by atoms with Crippen molar-refractivity contribution in [2.75, 3.05) is 23.4 Å². The molecule has 1 saturated heterocycles. The Morgan fingerprint density at radius 1 is 1.64 bits per heavy atom. The van der Waals surface area contributed by atoms with Crippen molar-refractivity contribution in [3.05, 3.63) is 22.8 Å². The zero-order chi connectivity index (χ0) is 9.80. The van der Waals surface area contributed by atoms with Gasteiger partial charge in [-0.3, -0.25) is 0 Å². The number of rotatable bonds is 3. The number of aromatic nitrogens is 1. The van der Waals surface area contributed by atoms with E-state index in [-0.39, 0.29) is 0 Å². The van der Waals surface area contributed by atoms with E-state index in [0.717, 1.165) is 22.8 Å². The number of halogens is 1. The van der Waals surface area contributed by atoms with Crippen molar-refractivity contribution in [3.63, 3.8) is 0 Å². The topological polar surface area (TPSA) is 24.9 Å². The van der Waals surface area contributed by atoms with E-state index >= 15 is 0 Å². The summed E-state index contributed by atoms with van der Waals surface area (Å²) in [5, 5.41) is 3.38. The van der Waals surface area contributed by atoms with Crippen LogP contribution in [-0.4, -0.2) is 23.0 Å². The Bertz CT molecular complexity index is 300. The number of hydrogen-bond acceptors (Lipinski definition) is 3. The van der Waals surface area contributed by atoms with Gasteiger partial charge in [0.15, 0.2) is 0 Å². The highest BCUT2D eigenvalue weighted by atomic mass is 79.9. The lowest BCUT2D eigenvalue weighted by Gasteiger charge is -2.11. The smallest absolute Gasteiger partial charge is 0.140 e. The van der Waals surface area contributed by atoms with E-state index in [4.69, 9.17) is 0 Å². The monoisotopic (exact) mass is 272 g/mol. The van der Waals surface area contributed by atoms with Gasteiger partial charge in [-0.2, -0.15) is 11.8 Å². The van der Waals surface area contributed by atoms with Gasteiger partial charge in [-0.05, 0) is 51.9 Å². The largest absolute Gasteiger partial charge is 0.369 e. The molecule has 1 aliphatic rings. The molecule has 0 aliphatic carbocycles. The van der Waals surface area contributed by atoms with Gasteiger partial charge >= 0.3 is 0 Å². The number of pyridine rings is 1. The molecule has 14 heavy (non-hydrogen) atoms. The molecule has 1 atom stereocenters. The molecule has 4 heteroatoms. The van der Waals surface area contributed by atoms with Crippen molar-refractivity contribution in [2.24, 2.45) is 5.92 Å². The van der Waals surface area contributed by atoms with Crippen LogP contribution in [0.1, 0.15) is 6.42 Å². The predicted octanol–water partition coefficient (Wildman–Crippen LogP) is 3.01. The van der Waals surface area contributed by atoms with Crippen molar-refractivity contribution in [1.29, 1.82) is 0 Å². The van der Waals surface area contributed by atoms with E-state index in [9.17, 15) is 0 Å². The van der Waals surface area contributed by atoms with Crippen molar-refractivity contribution < 1.29 is 0 Å². The average molecular weight is 273 g/mol. The molecule has 0 aromatic carbocycles. The van der Waals surface area contributed by atoms with Crippen LogP contribution in [0.15, 0.2) is 22.8 Å². The Balaban J connectivity index is 1.88. The van der Waals surface area contributed by atoms with Crippen molar-refractivity contribution in [2.45, 2.75) is 6.42 Å². The number of nitrogens with zero attached hydrogens (tertiary/aromatic N) is 1. The summed E-state index contributed by atoms with van der Waals surface area (Å²) >= 11 is 5.53. The molecule has 1 N–H and O–H groups in total. The van der Waals surface area contributed by atoms with Crippen molar-refractivity contribution in [1.82, 2.24) is 4.98 Å². The Labute approximate surface area is 97.0 Å². The summed E-state index contributed by atoms with van der Waals surface area (Å²) < 4.78 is 1.05. The molecule has 1 unspecified atom stereocenters. The van der Waals surface area contributed by atoms with Gasteiger partial charge in [0, 0.05) is 12.7 Å². The summed E-state index contributed by atoms with van der Waals surface area (Å²) in [7, 11) is 0. The Hall–Kier alpha value is -0.220. The van der Waals surface area contributed by atoms with Crippen LogP contribution in [0.2, 0.25) is 0 Å². The first-order chi connectivity index (χ1) is 6.86. The maximum absolute atomic E-state index is 4.27. The molecule has 1 aliphatic heterocycles. The van der Waals surface area contributed by atoms with Crippen LogP contribution in [0.3, 0.4) is 0 Å². The SMILES string of the molecule is Brc1cccnc1NCC1CCSC1. The second-order valence-electron chi connectivity index (χ2n) is 3.44. The second-order valence-corrected chi connectivity index (χ2v) is 5.45. The molecule has 1 fully saturated rings. The minimum atomic E-state index is 0.814. The van der Waals surface area contributed by atoms with Gasteiger partial charge in [0.2, 0.25) is 0 Å². The number of thioether (sulfide) groups is 1. The van der Waals surface area contributed by atoms with E-state index in [1.54, 1.807) is 0 Å². The van der Waals surface area contributed by atoms with E-state index in [0.29, 0.717) is 0 Å². The Morgan fingerprint density at radius 2 is 2.57 bits per heavy atom. The summed E-state index contributed by atoms with van der Waals surface area (Å²) in [5.41, 5.74) is 0. The maximum Gasteiger partial charge on any atom is 0.140 e. The highest BCUT2D eigenvalue weighted by molar-refractivity contribution is 9.10. The fourth-order valence-electron chi connectivity index (χ4n) is 1.50. The van der Waals surface area contributed by atoms with Gasteiger partial charge in [-0.15, -0.1) is 0 Å². The van der Waals surface area contributed by atoms with E-state index in [2.05, 4.69) is 26.2 Å². The Morgan fingerprint density at radius 3 is 3.29 bits per heavy atom. The predicted molar refractivity (Wildman–Crippen MR) is 65.9 cm³/mol. The van der Waals surface area contributed by atoms with Crippen LogP contribution >= 0.6 is 27.7 Å². The number of anilines is 1. The zero-order valence-corrected chi connectivity index (χ0v) is 10.3. The molecule has 0 bridgehead atoms. The molecule has 1 aromatic heterocycles.